The Bertz CT molecular complexity index is 210. The number of carbonyl (C=O) groups is 2. The van der Waals surface area contributed by atoms with E-state index in [1.54, 1.807) is 0 Å². The van der Waals surface area contributed by atoms with E-state index in [2.05, 4.69) is 0 Å². The van der Waals surface area contributed by atoms with Gasteiger partial charge in [0.1, 0.15) is 0 Å². The highest BCUT2D eigenvalue weighted by Gasteiger charge is 2.41. The maximum atomic E-state index is 11.1. The van der Waals surface area contributed by atoms with Gasteiger partial charge in [0, 0.05) is 20.6 Å². The molecule has 0 heterocycles. The number of Topliss-reactive ketones (excluding diaryl/α,β-unsaturated/α-hetero) is 1. The fourth-order valence-electron chi connectivity index (χ4n) is 0.907. The van der Waals surface area contributed by atoms with E-state index in [1.165, 1.54) is 14.2 Å². The number of carboxylic acid groups (broad SMARTS) is 1. The zero-order valence-electron chi connectivity index (χ0n) is 8.44. The normalized spacial score (nSPS) is 15.2. The SMILES string of the molecule is COC(CC(N)(C(C)=O)C(=O)O)OC. The molecule has 0 aliphatic rings. The number of hydrogen-bond acceptors (Lipinski definition) is 5. The lowest BCUT2D eigenvalue weighted by atomic mass is 9.92. The monoisotopic (exact) mass is 205 g/mol. The van der Waals surface area contributed by atoms with Crippen LogP contribution in [0.4, 0.5) is 0 Å². The van der Waals surface area contributed by atoms with E-state index in [1.807, 2.05) is 0 Å². The second kappa shape index (κ2) is 5.04. The average molecular weight is 205 g/mol. The van der Waals surface area contributed by atoms with E-state index >= 15 is 0 Å². The van der Waals surface area contributed by atoms with Gasteiger partial charge in [-0.15, -0.1) is 0 Å². The van der Waals surface area contributed by atoms with Crippen molar-refractivity contribution >= 4 is 11.8 Å². The van der Waals surface area contributed by atoms with Crippen LogP contribution in [0.15, 0.2) is 0 Å². The van der Waals surface area contributed by atoms with Crippen LogP contribution in [0.3, 0.4) is 0 Å². The average Bonchev–Trinajstić information content (AvgIpc) is 2.13. The summed E-state index contributed by atoms with van der Waals surface area (Å²) in [6, 6.07) is 0. The van der Waals surface area contributed by atoms with E-state index in [-0.39, 0.29) is 6.42 Å². The first-order valence-corrected chi connectivity index (χ1v) is 3.97. The summed E-state index contributed by atoms with van der Waals surface area (Å²) >= 11 is 0. The molecular formula is C8H15NO5. The van der Waals surface area contributed by atoms with E-state index in [0.717, 1.165) is 6.92 Å². The van der Waals surface area contributed by atoms with Gasteiger partial charge in [0.05, 0.1) is 0 Å². The molecule has 0 fully saturated rings. The Labute approximate surface area is 82.0 Å². The first-order valence-electron chi connectivity index (χ1n) is 3.97. The van der Waals surface area contributed by atoms with Gasteiger partial charge in [-0.2, -0.15) is 0 Å². The van der Waals surface area contributed by atoms with Crippen LogP contribution in [0.2, 0.25) is 0 Å². The first-order chi connectivity index (χ1) is 6.38. The van der Waals surface area contributed by atoms with Crippen LogP contribution in [0.1, 0.15) is 13.3 Å². The number of hydrogen-bond donors (Lipinski definition) is 2. The van der Waals surface area contributed by atoms with E-state index < -0.39 is 23.6 Å². The molecule has 0 saturated heterocycles. The van der Waals surface area contributed by atoms with Gasteiger partial charge in [0.25, 0.3) is 0 Å². The van der Waals surface area contributed by atoms with Gasteiger partial charge >= 0.3 is 5.97 Å². The highest BCUT2D eigenvalue weighted by Crippen LogP contribution is 2.14. The lowest BCUT2D eigenvalue weighted by Crippen LogP contribution is -2.56. The fourth-order valence-corrected chi connectivity index (χ4v) is 0.907. The molecule has 0 aromatic heterocycles. The van der Waals surface area contributed by atoms with Crippen molar-refractivity contribution in [1.82, 2.24) is 0 Å². The second-order valence-electron chi connectivity index (χ2n) is 2.94. The van der Waals surface area contributed by atoms with Crippen LogP contribution in [0.25, 0.3) is 0 Å². The number of nitrogens with two attached hydrogens (primary N) is 1. The summed E-state index contributed by atoms with van der Waals surface area (Å²) in [5, 5.41) is 8.79. The molecule has 6 nitrogen and oxygen atoms in total. The Morgan fingerprint density at radius 3 is 2.07 bits per heavy atom. The first kappa shape index (κ1) is 13.0. The van der Waals surface area contributed by atoms with E-state index in [9.17, 15) is 9.59 Å². The molecule has 82 valence electrons. The van der Waals surface area contributed by atoms with Crippen molar-refractivity contribution in [2.24, 2.45) is 5.73 Å². The van der Waals surface area contributed by atoms with Gasteiger partial charge in [0.15, 0.2) is 17.6 Å². The summed E-state index contributed by atoms with van der Waals surface area (Å²) in [5.41, 5.74) is 3.48. The Morgan fingerprint density at radius 2 is 1.86 bits per heavy atom. The number of carbonyl (C=O) groups excluding carboxylic acids is 1. The van der Waals surface area contributed by atoms with Crippen LogP contribution in [-0.2, 0) is 19.1 Å². The van der Waals surface area contributed by atoms with Gasteiger partial charge in [-0.05, 0) is 6.92 Å². The van der Waals surface area contributed by atoms with Crippen LogP contribution in [0.5, 0.6) is 0 Å². The summed E-state index contributed by atoms with van der Waals surface area (Å²) < 4.78 is 9.56. The van der Waals surface area contributed by atoms with Gasteiger partial charge in [-0.1, -0.05) is 0 Å². The minimum absolute atomic E-state index is 0.218. The summed E-state index contributed by atoms with van der Waals surface area (Å²) in [4.78, 5) is 21.8. The molecule has 14 heavy (non-hydrogen) atoms. The molecule has 0 spiro atoms. The maximum Gasteiger partial charge on any atom is 0.331 e. The Kier molecular flexibility index (Phi) is 4.69. The minimum Gasteiger partial charge on any atom is -0.480 e. The lowest BCUT2D eigenvalue weighted by Gasteiger charge is -2.25. The lowest BCUT2D eigenvalue weighted by molar-refractivity contribution is -0.158. The van der Waals surface area contributed by atoms with Crippen LogP contribution >= 0.6 is 0 Å². The smallest absolute Gasteiger partial charge is 0.331 e. The third kappa shape index (κ3) is 2.76. The van der Waals surface area contributed by atoms with E-state index in [4.69, 9.17) is 20.3 Å². The molecule has 0 saturated carbocycles. The molecule has 6 heteroatoms. The molecule has 0 aliphatic carbocycles. The van der Waals surface area contributed by atoms with Crippen LogP contribution < -0.4 is 5.73 Å². The number of aliphatic carboxylic acids is 1. The summed E-state index contributed by atoms with van der Waals surface area (Å²) in [6.45, 7) is 1.12. The highest BCUT2D eigenvalue weighted by molar-refractivity contribution is 6.06. The van der Waals surface area contributed by atoms with E-state index in [0.29, 0.717) is 0 Å². The van der Waals surface area contributed by atoms with Crippen molar-refractivity contribution in [2.75, 3.05) is 14.2 Å². The molecule has 0 aliphatic heterocycles. The van der Waals surface area contributed by atoms with Crippen LogP contribution in [0, 0.1) is 0 Å². The molecule has 0 aromatic rings. The number of ether oxygens (including phenoxy) is 2. The largest absolute Gasteiger partial charge is 0.480 e. The molecule has 0 amide bonds. The molecule has 0 bridgehead atoms. The third-order valence-electron chi connectivity index (χ3n) is 2.02. The number of carboxylic acids is 1. The van der Waals surface area contributed by atoms with Crippen LogP contribution in [-0.4, -0.2) is 42.9 Å². The summed E-state index contributed by atoms with van der Waals surface area (Å²) in [6.07, 6.45) is -1.02. The predicted molar refractivity (Wildman–Crippen MR) is 47.7 cm³/mol. The van der Waals surface area contributed by atoms with Crippen molar-refractivity contribution in [1.29, 1.82) is 0 Å². The molecule has 0 radical (unpaired) electrons. The highest BCUT2D eigenvalue weighted by atomic mass is 16.7. The number of rotatable bonds is 6. The molecule has 0 aromatic carbocycles. The maximum absolute atomic E-state index is 11.1. The summed E-state index contributed by atoms with van der Waals surface area (Å²) in [5.74, 6) is -2.02. The Morgan fingerprint density at radius 1 is 1.43 bits per heavy atom. The fraction of sp³-hybridized carbons (Fsp3) is 0.750. The van der Waals surface area contributed by atoms with Crippen molar-refractivity contribution in [3.05, 3.63) is 0 Å². The van der Waals surface area contributed by atoms with Gasteiger partial charge in [-0.25, -0.2) is 4.79 Å². The second-order valence-corrected chi connectivity index (χ2v) is 2.94. The van der Waals surface area contributed by atoms with Crippen molar-refractivity contribution in [3.63, 3.8) is 0 Å². The molecule has 1 unspecified atom stereocenters. The zero-order chi connectivity index (χ0) is 11.4. The Balaban J connectivity index is 4.68. The zero-order valence-corrected chi connectivity index (χ0v) is 8.44. The summed E-state index contributed by atoms with van der Waals surface area (Å²) in [7, 11) is 2.69. The van der Waals surface area contributed by atoms with Gasteiger partial charge in [0.2, 0.25) is 0 Å². The number of ketones is 1. The van der Waals surface area contributed by atoms with Crippen molar-refractivity contribution in [2.45, 2.75) is 25.2 Å². The number of methoxy groups -OCH3 is 2. The third-order valence-corrected chi connectivity index (χ3v) is 2.02. The molecule has 3 N–H and O–H groups in total. The Hall–Kier alpha value is -0.980. The quantitative estimate of drug-likeness (QED) is 0.442. The standard InChI is InChI=1S/C8H15NO5/c1-5(10)8(9,7(11)12)4-6(13-2)14-3/h6H,4,9H2,1-3H3,(H,11,12). The van der Waals surface area contributed by atoms with Gasteiger partial charge in [-0.3, -0.25) is 4.79 Å². The molecule has 1 atom stereocenters. The van der Waals surface area contributed by atoms with Gasteiger partial charge < -0.3 is 20.3 Å². The minimum atomic E-state index is -1.95. The van der Waals surface area contributed by atoms with Crippen molar-refractivity contribution < 1.29 is 24.2 Å². The topological polar surface area (TPSA) is 98.9 Å². The predicted octanol–water partition coefficient (Wildman–Crippen LogP) is -0.633. The van der Waals surface area contributed by atoms with Crippen molar-refractivity contribution in [3.8, 4) is 0 Å². The molecular weight excluding hydrogens is 190 g/mol. The molecule has 0 rings (SSSR count).